The van der Waals surface area contributed by atoms with Gasteiger partial charge in [0, 0.05) is 20.1 Å². The first-order valence-electron chi connectivity index (χ1n) is 7.17. The van der Waals surface area contributed by atoms with Gasteiger partial charge in [0.25, 0.3) is 0 Å². The van der Waals surface area contributed by atoms with E-state index in [2.05, 4.69) is 39.3 Å². The minimum atomic E-state index is 0.512. The van der Waals surface area contributed by atoms with E-state index >= 15 is 0 Å². The summed E-state index contributed by atoms with van der Waals surface area (Å²) < 4.78 is 1.95. The van der Waals surface area contributed by atoms with E-state index in [1.54, 1.807) is 0 Å². The highest BCUT2D eigenvalue weighted by Crippen LogP contribution is 1.99. The van der Waals surface area contributed by atoms with E-state index in [4.69, 9.17) is 0 Å². The molecule has 2 N–H and O–H groups in total. The lowest BCUT2D eigenvalue weighted by Crippen LogP contribution is -2.38. The summed E-state index contributed by atoms with van der Waals surface area (Å²) in [5, 5.41) is 14.7. The number of aromatic nitrogens is 3. The predicted molar refractivity (Wildman–Crippen MR) is 82.6 cm³/mol. The smallest absolute Gasteiger partial charge is 0.191 e. The summed E-state index contributed by atoms with van der Waals surface area (Å²) in [6.07, 6.45) is 5.40. The first-order valence-corrected chi connectivity index (χ1v) is 7.17. The molecule has 0 saturated heterocycles. The van der Waals surface area contributed by atoms with Gasteiger partial charge in [-0.05, 0) is 13.3 Å². The van der Waals surface area contributed by atoms with Crippen molar-refractivity contribution >= 4 is 5.96 Å². The van der Waals surface area contributed by atoms with E-state index in [0.29, 0.717) is 13.1 Å². The summed E-state index contributed by atoms with van der Waals surface area (Å²) in [6.45, 7) is 9.96. The van der Waals surface area contributed by atoms with Gasteiger partial charge in [-0.3, -0.25) is 0 Å². The van der Waals surface area contributed by atoms with Gasteiger partial charge in [-0.25, -0.2) is 4.99 Å². The molecule has 1 aromatic heterocycles. The van der Waals surface area contributed by atoms with Crippen LogP contribution in [0.15, 0.2) is 17.6 Å². The zero-order valence-electron chi connectivity index (χ0n) is 12.8. The van der Waals surface area contributed by atoms with Crippen molar-refractivity contribution in [3.05, 3.63) is 24.3 Å². The highest BCUT2D eigenvalue weighted by molar-refractivity contribution is 5.79. The maximum Gasteiger partial charge on any atom is 0.191 e. The maximum atomic E-state index is 4.53. The van der Waals surface area contributed by atoms with Crippen LogP contribution >= 0.6 is 0 Å². The van der Waals surface area contributed by atoms with E-state index in [-0.39, 0.29) is 0 Å². The van der Waals surface area contributed by atoms with Crippen LogP contribution in [0, 0.1) is 6.92 Å². The number of aliphatic imine (C=N–C) groups is 1. The molecule has 1 aromatic rings. The molecule has 0 aliphatic rings. The summed E-state index contributed by atoms with van der Waals surface area (Å²) >= 11 is 0. The molecule has 6 nitrogen and oxygen atoms in total. The number of aryl methyl sites for hydroxylation is 1. The van der Waals surface area contributed by atoms with Crippen molar-refractivity contribution in [3.63, 3.8) is 0 Å². The molecule has 1 heterocycles. The molecule has 0 spiro atoms. The second-order valence-electron chi connectivity index (χ2n) is 4.69. The number of unbranched alkanes of at least 4 members (excludes halogenated alkanes) is 2. The number of nitrogens with one attached hydrogen (secondary N) is 2. The quantitative estimate of drug-likeness (QED) is 0.327. The fraction of sp³-hybridized carbons (Fsp3) is 0.643. The molecule has 0 unspecified atom stereocenters. The van der Waals surface area contributed by atoms with Crippen LogP contribution in [0.4, 0.5) is 0 Å². The van der Waals surface area contributed by atoms with Crippen LogP contribution in [0.5, 0.6) is 0 Å². The van der Waals surface area contributed by atoms with Crippen LogP contribution in [-0.4, -0.2) is 33.8 Å². The molecule has 0 saturated carbocycles. The monoisotopic (exact) mass is 278 g/mol. The van der Waals surface area contributed by atoms with E-state index in [1.165, 1.54) is 12.8 Å². The van der Waals surface area contributed by atoms with Gasteiger partial charge in [-0.2, -0.15) is 0 Å². The average molecular weight is 278 g/mol. The normalized spacial score (nSPS) is 11.4. The van der Waals surface area contributed by atoms with E-state index in [0.717, 1.165) is 30.6 Å². The third-order valence-corrected chi connectivity index (χ3v) is 3.05. The topological polar surface area (TPSA) is 67.1 Å². The van der Waals surface area contributed by atoms with Crippen LogP contribution < -0.4 is 10.6 Å². The molecule has 0 amide bonds. The third-order valence-electron chi connectivity index (χ3n) is 3.05. The Hall–Kier alpha value is -1.85. The Bertz CT molecular complexity index is 435. The van der Waals surface area contributed by atoms with Gasteiger partial charge in [0.15, 0.2) is 11.8 Å². The molecular formula is C14H26N6. The Balaban J connectivity index is 2.54. The Morgan fingerprint density at radius 2 is 2.15 bits per heavy atom. The Morgan fingerprint density at radius 3 is 2.75 bits per heavy atom. The van der Waals surface area contributed by atoms with Crippen LogP contribution in [-0.2, 0) is 13.6 Å². The average Bonchev–Trinajstić information content (AvgIpc) is 2.77. The number of hydrogen-bond donors (Lipinski definition) is 2. The van der Waals surface area contributed by atoms with E-state index in [1.807, 2.05) is 24.6 Å². The molecule has 0 atom stereocenters. The van der Waals surface area contributed by atoms with Gasteiger partial charge < -0.3 is 15.2 Å². The largest absolute Gasteiger partial charge is 0.356 e. The SMILES string of the molecule is C=CCNC(=NCc1nnc(C)n1C)NCCCCC. The lowest BCUT2D eigenvalue weighted by Gasteiger charge is -2.11. The van der Waals surface area contributed by atoms with Crippen molar-refractivity contribution in [2.24, 2.45) is 12.0 Å². The van der Waals surface area contributed by atoms with Crippen molar-refractivity contribution in [3.8, 4) is 0 Å². The molecule has 20 heavy (non-hydrogen) atoms. The fourth-order valence-corrected chi connectivity index (χ4v) is 1.66. The van der Waals surface area contributed by atoms with E-state index < -0.39 is 0 Å². The second-order valence-corrected chi connectivity index (χ2v) is 4.69. The van der Waals surface area contributed by atoms with Crippen molar-refractivity contribution < 1.29 is 0 Å². The minimum absolute atomic E-state index is 0.512. The number of nitrogens with zero attached hydrogens (tertiary/aromatic N) is 4. The van der Waals surface area contributed by atoms with Crippen LogP contribution in [0.3, 0.4) is 0 Å². The first kappa shape index (κ1) is 16.2. The van der Waals surface area contributed by atoms with Crippen molar-refractivity contribution in [2.45, 2.75) is 39.7 Å². The maximum absolute atomic E-state index is 4.53. The summed E-state index contributed by atoms with van der Waals surface area (Å²) in [7, 11) is 1.95. The Kier molecular flexibility index (Phi) is 7.39. The fourth-order valence-electron chi connectivity index (χ4n) is 1.66. The first-order chi connectivity index (χ1) is 9.69. The second kappa shape index (κ2) is 9.12. The molecule has 0 radical (unpaired) electrons. The molecule has 0 fully saturated rings. The van der Waals surface area contributed by atoms with Crippen molar-refractivity contribution in [1.82, 2.24) is 25.4 Å². The van der Waals surface area contributed by atoms with Gasteiger partial charge in [-0.1, -0.05) is 25.8 Å². The van der Waals surface area contributed by atoms with Crippen molar-refractivity contribution in [1.29, 1.82) is 0 Å². The standard InChI is InChI=1S/C14H26N6/c1-5-7-8-10-16-14(15-9-6-2)17-11-13-19-18-12(3)20(13)4/h6H,2,5,7-11H2,1,3-4H3,(H2,15,16,17). The van der Waals surface area contributed by atoms with Crippen LogP contribution in [0.1, 0.15) is 37.8 Å². The van der Waals surface area contributed by atoms with Crippen LogP contribution in [0.2, 0.25) is 0 Å². The van der Waals surface area contributed by atoms with Gasteiger partial charge >= 0.3 is 0 Å². The highest BCUT2D eigenvalue weighted by Gasteiger charge is 2.04. The summed E-state index contributed by atoms with van der Waals surface area (Å²) in [5.74, 6) is 2.55. The molecule has 0 aromatic carbocycles. The van der Waals surface area contributed by atoms with Gasteiger partial charge in [0.2, 0.25) is 0 Å². The number of hydrogen-bond acceptors (Lipinski definition) is 3. The molecular weight excluding hydrogens is 252 g/mol. The summed E-state index contributed by atoms with van der Waals surface area (Å²) in [4.78, 5) is 4.53. The summed E-state index contributed by atoms with van der Waals surface area (Å²) in [6, 6.07) is 0. The van der Waals surface area contributed by atoms with Gasteiger partial charge in [0.05, 0.1) is 0 Å². The van der Waals surface area contributed by atoms with E-state index in [9.17, 15) is 0 Å². The van der Waals surface area contributed by atoms with Gasteiger partial charge in [-0.15, -0.1) is 16.8 Å². The third kappa shape index (κ3) is 5.42. The molecule has 6 heteroatoms. The Labute approximate surface area is 121 Å². The lowest BCUT2D eigenvalue weighted by molar-refractivity contribution is 0.682. The zero-order chi connectivity index (χ0) is 14.8. The lowest BCUT2D eigenvalue weighted by atomic mass is 10.2. The predicted octanol–water partition coefficient (Wildman–Crippen LogP) is 1.53. The number of guanidine groups is 1. The zero-order valence-corrected chi connectivity index (χ0v) is 12.8. The number of rotatable bonds is 8. The molecule has 0 aliphatic heterocycles. The minimum Gasteiger partial charge on any atom is -0.356 e. The van der Waals surface area contributed by atoms with Gasteiger partial charge in [0.1, 0.15) is 12.4 Å². The molecule has 0 bridgehead atoms. The van der Waals surface area contributed by atoms with Crippen LogP contribution in [0.25, 0.3) is 0 Å². The van der Waals surface area contributed by atoms with Crippen molar-refractivity contribution in [2.75, 3.05) is 13.1 Å². The highest BCUT2D eigenvalue weighted by atomic mass is 15.3. The Morgan fingerprint density at radius 1 is 1.35 bits per heavy atom. The molecule has 1 rings (SSSR count). The molecule has 0 aliphatic carbocycles. The summed E-state index contributed by atoms with van der Waals surface area (Å²) in [5.41, 5.74) is 0. The molecule has 112 valence electrons.